The number of amides is 1. The summed E-state index contributed by atoms with van der Waals surface area (Å²) in [4.78, 5) is 24.3. The van der Waals surface area contributed by atoms with Crippen LogP contribution in [0.15, 0.2) is 30.3 Å². The molecule has 0 aliphatic carbocycles. The van der Waals surface area contributed by atoms with Gasteiger partial charge in [-0.3, -0.25) is 4.79 Å². The van der Waals surface area contributed by atoms with Crippen LogP contribution in [0.3, 0.4) is 0 Å². The van der Waals surface area contributed by atoms with Crippen LogP contribution in [-0.4, -0.2) is 23.5 Å². The fourth-order valence-corrected chi connectivity index (χ4v) is 1.72. The van der Waals surface area contributed by atoms with E-state index in [0.29, 0.717) is 12.0 Å². The molecule has 0 aliphatic rings. The van der Waals surface area contributed by atoms with Crippen LogP contribution in [0.1, 0.15) is 45.7 Å². The van der Waals surface area contributed by atoms with E-state index in [-0.39, 0.29) is 5.91 Å². The number of carbonyl (C=O) groups excluding carboxylic acids is 2. The first kappa shape index (κ1) is 17.2. The van der Waals surface area contributed by atoms with Crippen LogP contribution in [0.2, 0.25) is 0 Å². The van der Waals surface area contributed by atoms with Gasteiger partial charge in [0.05, 0.1) is 6.04 Å². The quantitative estimate of drug-likeness (QED) is 0.812. The highest BCUT2D eigenvalue weighted by Gasteiger charge is 2.29. The van der Waals surface area contributed by atoms with Crippen molar-refractivity contribution in [2.75, 3.05) is 0 Å². The molecule has 0 unspecified atom stereocenters. The Hall–Kier alpha value is -1.88. The van der Waals surface area contributed by atoms with E-state index in [1.807, 2.05) is 13.0 Å². The number of benzene rings is 1. The maximum absolute atomic E-state index is 12.3. The minimum Gasteiger partial charge on any atom is -0.458 e. The first-order valence-corrected chi connectivity index (χ1v) is 7.08. The Morgan fingerprint density at radius 2 is 1.81 bits per heavy atom. The zero-order chi connectivity index (χ0) is 16.0. The molecule has 1 rings (SSSR count). The molecule has 5 nitrogen and oxygen atoms in total. The zero-order valence-corrected chi connectivity index (χ0v) is 13.1. The fourth-order valence-electron chi connectivity index (χ4n) is 1.72. The van der Waals surface area contributed by atoms with Gasteiger partial charge in [-0.15, -0.1) is 0 Å². The molecule has 0 radical (unpaired) electrons. The highest BCUT2D eigenvalue weighted by molar-refractivity contribution is 5.88. The van der Waals surface area contributed by atoms with E-state index in [1.54, 1.807) is 45.0 Å². The molecule has 0 aliphatic heterocycles. The molecule has 1 aromatic rings. The molecular formula is C16H24N2O3. The summed E-state index contributed by atoms with van der Waals surface area (Å²) < 4.78 is 5.37. The molecule has 1 amide bonds. The maximum Gasteiger partial charge on any atom is 0.333 e. The first-order valence-electron chi connectivity index (χ1n) is 7.08. The third-order valence-corrected chi connectivity index (χ3v) is 2.84. The van der Waals surface area contributed by atoms with Crippen molar-refractivity contribution in [2.45, 2.75) is 51.8 Å². The molecule has 0 saturated heterocycles. The molecule has 2 atom stereocenters. The van der Waals surface area contributed by atoms with Gasteiger partial charge in [-0.05, 0) is 32.8 Å². The molecule has 1 aromatic carbocycles. The monoisotopic (exact) mass is 292 g/mol. The summed E-state index contributed by atoms with van der Waals surface area (Å²) >= 11 is 0. The third kappa shape index (κ3) is 5.55. The molecule has 0 aromatic heterocycles. The van der Waals surface area contributed by atoms with Gasteiger partial charge in [0.25, 0.3) is 0 Å². The summed E-state index contributed by atoms with van der Waals surface area (Å²) in [5.41, 5.74) is 5.75. The van der Waals surface area contributed by atoms with Gasteiger partial charge in [-0.1, -0.05) is 37.3 Å². The summed E-state index contributed by atoms with van der Waals surface area (Å²) in [7, 11) is 0. The number of esters is 1. The average molecular weight is 292 g/mol. The molecule has 0 spiro atoms. The van der Waals surface area contributed by atoms with E-state index >= 15 is 0 Å². The predicted molar refractivity (Wildman–Crippen MR) is 81.4 cm³/mol. The third-order valence-electron chi connectivity index (χ3n) is 2.84. The Kier molecular flexibility index (Phi) is 5.90. The van der Waals surface area contributed by atoms with Crippen LogP contribution in [0.5, 0.6) is 0 Å². The van der Waals surface area contributed by atoms with Crippen molar-refractivity contribution in [3.63, 3.8) is 0 Å². The van der Waals surface area contributed by atoms with Crippen LogP contribution in [0.25, 0.3) is 0 Å². The number of carbonyl (C=O) groups is 2. The predicted octanol–water partition coefficient (Wildman–Crippen LogP) is 1.92. The number of nitrogens with two attached hydrogens (primary N) is 1. The highest BCUT2D eigenvalue weighted by atomic mass is 16.6. The summed E-state index contributed by atoms with van der Waals surface area (Å²) in [6.45, 7) is 7.17. The van der Waals surface area contributed by atoms with Crippen LogP contribution >= 0.6 is 0 Å². The normalized spacial score (nSPS) is 14.1. The molecular weight excluding hydrogens is 268 g/mol. The van der Waals surface area contributed by atoms with Crippen molar-refractivity contribution in [1.82, 2.24) is 5.32 Å². The van der Waals surface area contributed by atoms with Gasteiger partial charge >= 0.3 is 5.97 Å². The Morgan fingerprint density at radius 3 is 2.29 bits per heavy atom. The van der Waals surface area contributed by atoms with Crippen molar-refractivity contribution in [3.05, 3.63) is 35.9 Å². The van der Waals surface area contributed by atoms with E-state index in [2.05, 4.69) is 5.32 Å². The molecule has 5 heteroatoms. The molecule has 0 fully saturated rings. The lowest BCUT2D eigenvalue weighted by Crippen LogP contribution is -2.45. The minimum absolute atomic E-state index is 0.364. The Labute approximate surface area is 125 Å². The van der Waals surface area contributed by atoms with Crippen molar-refractivity contribution >= 4 is 11.9 Å². The van der Waals surface area contributed by atoms with E-state index in [1.165, 1.54) is 0 Å². The van der Waals surface area contributed by atoms with E-state index < -0.39 is 23.7 Å². The fraction of sp³-hybridized carbons (Fsp3) is 0.500. The lowest BCUT2D eigenvalue weighted by molar-refractivity contribution is -0.159. The topological polar surface area (TPSA) is 81.4 Å². The Bertz CT molecular complexity index is 480. The Balaban J connectivity index is 2.96. The lowest BCUT2D eigenvalue weighted by atomic mass is 10.1. The summed E-state index contributed by atoms with van der Waals surface area (Å²) in [5, 5.41) is 2.67. The minimum atomic E-state index is -0.851. The van der Waals surface area contributed by atoms with Crippen LogP contribution in [0.4, 0.5) is 0 Å². The van der Waals surface area contributed by atoms with Gasteiger partial charge < -0.3 is 15.8 Å². The molecule has 116 valence electrons. The smallest absolute Gasteiger partial charge is 0.333 e. The summed E-state index contributed by atoms with van der Waals surface area (Å²) in [6, 6.07) is 7.50. The molecule has 21 heavy (non-hydrogen) atoms. The van der Waals surface area contributed by atoms with E-state index in [4.69, 9.17) is 10.5 Å². The van der Waals surface area contributed by atoms with Crippen molar-refractivity contribution in [3.8, 4) is 0 Å². The second-order valence-corrected chi connectivity index (χ2v) is 5.90. The molecule has 0 heterocycles. The zero-order valence-electron chi connectivity index (χ0n) is 13.1. The van der Waals surface area contributed by atoms with Gasteiger partial charge in [-0.25, -0.2) is 4.79 Å². The Morgan fingerprint density at radius 1 is 1.24 bits per heavy atom. The van der Waals surface area contributed by atoms with Gasteiger partial charge in [0.1, 0.15) is 5.60 Å². The number of hydrogen-bond acceptors (Lipinski definition) is 4. The van der Waals surface area contributed by atoms with Crippen LogP contribution in [-0.2, 0) is 14.3 Å². The standard InChI is InChI=1S/C16H24N2O3/c1-5-12(17)14(19)18-13(11-9-7-6-8-10-11)15(20)21-16(2,3)4/h6-10,12-13H,5,17H2,1-4H3,(H,18,19)/t12-,13-/m0/s1. The van der Waals surface area contributed by atoms with Crippen LogP contribution in [0, 0.1) is 0 Å². The number of rotatable bonds is 5. The average Bonchev–Trinajstić information content (AvgIpc) is 2.42. The summed E-state index contributed by atoms with van der Waals surface area (Å²) in [6.07, 6.45) is 0.502. The van der Waals surface area contributed by atoms with Crippen molar-refractivity contribution < 1.29 is 14.3 Å². The number of ether oxygens (including phenoxy) is 1. The molecule has 0 bridgehead atoms. The largest absolute Gasteiger partial charge is 0.458 e. The van der Waals surface area contributed by atoms with Gasteiger partial charge in [0, 0.05) is 0 Å². The second-order valence-electron chi connectivity index (χ2n) is 5.90. The number of nitrogens with one attached hydrogen (secondary N) is 1. The molecule has 3 N–H and O–H groups in total. The van der Waals surface area contributed by atoms with Crippen molar-refractivity contribution in [2.24, 2.45) is 5.73 Å². The van der Waals surface area contributed by atoms with Gasteiger partial charge in [-0.2, -0.15) is 0 Å². The van der Waals surface area contributed by atoms with Gasteiger partial charge in [0.2, 0.25) is 5.91 Å². The molecule has 0 saturated carbocycles. The highest BCUT2D eigenvalue weighted by Crippen LogP contribution is 2.18. The SMILES string of the molecule is CC[C@H](N)C(=O)N[C@H](C(=O)OC(C)(C)C)c1ccccc1. The van der Waals surface area contributed by atoms with E-state index in [0.717, 1.165) is 0 Å². The van der Waals surface area contributed by atoms with E-state index in [9.17, 15) is 9.59 Å². The first-order chi connectivity index (χ1) is 9.74. The van der Waals surface area contributed by atoms with Crippen LogP contribution < -0.4 is 11.1 Å². The second kappa shape index (κ2) is 7.22. The maximum atomic E-state index is 12.3. The van der Waals surface area contributed by atoms with Crippen molar-refractivity contribution in [1.29, 1.82) is 0 Å². The van der Waals surface area contributed by atoms with Gasteiger partial charge in [0.15, 0.2) is 6.04 Å². The summed E-state index contributed by atoms with van der Waals surface area (Å²) in [5.74, 6) is -0.859. The lowest BCUT2D eigenvalue weighted by Gasteiger charge is -2.25. The number of hydrogen-bond donors (Lipinski definition) is 2.